The van der Waals surface area contributed by atoms with Gasteiger partial charge in [-0.25, -0.2) is 4.98 Å². The molecule has 0 aromatic carbocycles. The summed E-state index contributed by atoms with van der Waals surface area (Å²) in [6, 6.07) is 0. The predicted octanol–water partition coefficient (Wildman–Crippen LogP) is 0.211. The van der Waals surface area contributed by atoms with Crippen LogP contribution in [0.2, 0.25) is 0 Å². The molecule has 0 bridgehead atoms. The smallest absolute Gasteiger partial charge is 0.313 e. The van der Waals surface area contributed by atoms with Crippen molar-refractivity contribution in [1.29, 1.82) is 0 Å². The summed E-state index contributed by atoms with van der Waals surface area (Å²) >= 11 is 0. The Morgan fingerprint density at radius 3 is 2.94 bits per heavy atom. The van der Waals surface area contributed by atoms with Crippen molar-refractivity contribution in [3.63, 3.8) is 0 Å². The first kappa shape index (κ1) is 12.2. The summed E-state index contributed by atoms with van der Waals surface area (Å²) in [6.07, 6.45) is 1.47. The molecule has 1 rings (SSSR count). The number of hydrogen-bond acceptors (Lipinski definition) is 5. The van der Waals surface area contributed by atoms with Gasteiger partial charge in [0.2, 0.25) is 0 Å². The molecule has 16 heavy (non-hydrogen) atoms. The zero-order chi connectivity index (χ0) is 12.1. The van der Waals surface area contributed by atoms with Crippen LogP contribution in [0.15, 0.2) is 11.0 Å². The molecule has 0 saturated heterocycles. The second kappa shape index (κ2) is 5.29. The van der Waals surface area contributed by atoms with Crippen LogP contribution in [0.25, 0.3) is 0 Å². The largest absolute Gasteiger partial charge is 0.489 e. The Kier molecular flexibility index (Phi) is 4.04. The highest BCUT2D eigenvalue weighted by molar-refractivity contribution is 5.69. The maximum Gasteiger partial charge on any atom is 0.313 e. The Labute approximate surface area is 92.5 Å². The van der Waals surface area contributed by atoms with Crippen molar-refractivity contribution in [3.8, 4) is 5.88 Å². The second-order valence-corrected chi connectivity index (χ2v) is 3.23. The number of aryl methyl sites for hydroxylation is 1. The topological polar surface area (TPSA) is 81.4 Å². The van der Waals surface area contributed by atoms with Crippen LogP contribution in [0.3, 0.4) is 0 Å². The van der Waals surface area contributed by atoms with E-state index in [0.717, 1.165) is 0 Å². The molecule has 0 aliphatic carbocycles. The zero-order valence-electron chi connectivity index (χ0n) is 9.27. The lowest BCUT2D eigenvalue weighted by Crippen LogP contribution is -2.24. The van der Waals surface area contributed by atoms with E-state index in [-0.39, 0.29) is 18.9 Å². The molecule has 1 aromatic rings. The number of esters is 1. The third-order valence-electron chi connectivity index (χ3n) is 2.08. The molecule has 0 amide bonds. The van der Waals surface area contributed by atoms with Crippen LogP contribution in [0, 0.1) is 6.92 Å². The quantitative estimate of drug-likeness (QED) is 0.742. The Morgan fingerprint density at radius 1 is 1.62 bits per heavy atom. The number of ether oxygens (including phenoxy) is 1. The fourth-order valence-corrected chi connectivity index (χ4v) is 1.27. The van der Waals surface area contributed by atoms with Crippen molar-refractivity contribution in [2.75, 3.05) is 6.61 Å². The third kappa shape index (κ3) is 2.82. The van der Waals surface area contributed by atoms with Gasteiger partial charge in [0.25, 0.3) is 5.88 Å². The number of carbonyl (C=O) groups excluding carboxylic acids is 1. The summed E-state index contributed by atoms with van der Waals surface area (Å²) in [5.41, 5.74) is -0.00334. The summed E-state index contributed by atoms with van der Waals surface area (Å²) in [7, 11) is 0. The van der Waals surface area contributed by atoms with Gasteiger partial charge < -0.3 is 14.4 Å². The lowest BCUT2D eigenvalue weighted by molar-refractivity contribution is -0.143. The Hall–Kier alpha value is -1.85. The second-order valence-electron chi connectivity index (χ2n) is 3.23. The van der Waals surface area contributed by atoms with Crippen LogP contribution in [0.4, 0.5) is 0 Å². The van der Waals surface area contributed by atoms with Gasteiger partial charge in [-0.3, -0.25) is 9.59 Å². The summed E-state index contributed by atoms with van der Waals surface area (Å²) in [5, 5.41) is 9.13. The highest BCUT2D eigenvalue weighted by Crippen LogP contribution is 2.00. The summed E-state index contributed by atoms with van der Waals surface area (Å²) in [6.45, 7) is 3.89. The molecule has 0 unspecified atom stereocenters. The van der Waals surface area contributed by atoms with Crippen LogP contribution in [-0.2, 0) is 16.1 Å². The summed E-state index contributed by atoms with van der Waals surface area (Å²) in [4.78, 5) is 26.1. The van der Waals surface area contributed by atoms with Crippen molar-refractivity contribution in [3.05, 3.63) is 22.2 Å². The third-order valence-corrected chi connectivity index (χ3v) is 2.08. The molecule has 0 radical (unpaired) electrons. The van der Waals surface area contributed by atoms with Crippen molar-refractivity contribution < 1.29 is 14.6 Å². The van der Waals surface area contributed by atoms with Crippen LogP contribution >= 0.6 is 0 Å². The van der Waals surface area contributed by atoms with E-state index in [4.69, 9.17) is 9.84 Å². The van der Waals surface area contributed by atoms with Crippen LogP contribution < -0.4 is 5.56 Å². The Morgan fingerprint density at radius 2 is 2.31 bits per heavy atom. The van der Waals surface area contributed by atoms with E-state index in [9.17, 15) is 9.59 Å². The molecule has 1 N–H and O–H groups in total. The van der Waals surface area contributed by atoms with E-state index < -0.39 is 11.4 Å². The maximum absolute atomic E-state index is 11.5. The summed E-state index contributed by atoms with van der Waals surface area (Å²) in [5.74, 6) is -0.931. The van der Waals surface area contributed by atoms with Gasteiger partial charge in [-0.15, -0.1) is 0 Å². The van der Waals surface area contributed by atoms with Gasteiger partial charge >= 0.3 is 11.5 Å². The fraction of sp³-hybridized carbons (Fsp3) is 0.500. The van der Waals surface area contributed by atoms with Gasteiger partial charge in [-0.2, -0.15) is 0 Å². The molecule has 0 fully saturated rings. The molecule has 1 aromatic heterocycles. The van der Waals surface area contributed by atoms with Crippen LogP contribution in [0.1, 0.15) is 19.0 Å². The Bertz CT molecular complexity index is 439. The standard InChI is InChI=1S/C10H14N2O4/c1-3-16-8(13)4-5-12-7(2)6-11-9(14)10(12)15/h6H,3-5H2,1-2H3,(H,11,14). The van der Waals surface area contributed by atoms with E-state index in [1.54, 1.807) is 13.8 Å². The Balaban J connectivity index is 2.78. The molecule has 0 aliphatic heterocycles. The highest BCUT2D eigenvalue weighted by Gasteiger charge is 2.08. The maximum atomic E-state index is 11.5. The first-order valence-corrected chi connectivity index (χ1v) is 4.97. The normalized spacial score (nSPS) is 10.1. The zero-order valence-corrected chi connectivity index (χ0v) is 9.27. The van der Waals surface area contributed by atoms with Gasteiger partial charge in [0.05, 0.1) is 19.2 Å². The number of carbonyl (C=O) groups is 1. The molecule has 1 heterocycles. The van der Waals surface area contributed by atoms with Crippen molar-refractivity contribution in [1.82, 2.24) is 9.55 Å². The van der Waals surface area contributed by atoms with E-state index in [2.05, 4.69) is 4.98 Å². The van der Waals surface area contributed by atoms with Gasteiger partial charge in [-0.05, 0) is 13.8 Å². The lowest BCUT2D eigenvalue weighted by atomic mass is 10.4. The molecule has 0 spiro atoms. The van der Waals surface area contributed by atoms with Crippen molar-refractivity contribution in [2.45, 2.75) is 26.8 Å². The number of nitrogens with zero attached hydrogens (tertiary/aromatic N) is 2. The number of rotatable bonds is 4. The molecule has 6 nitrogen and oxygen atoms in total. The van der Waals surface area contributed by atoms with Crippen LogP contribution in [0.5, 0.6) is 5.88 Å². The molecule has 88 valence electrons. The first-order valence-electron chi connectivity index (χ1n) is 4.97. The van der Waals surface area contributed by atoms with Gasteiger partial charge in [0, 0.05) is 12.2 Å². The minimum absolute atomic E-state index is 0.0953. The molecule has 0 saturated carbocycles. The molecular formula is C10H14N2O4. The first-order chi connectivity index (χ1) is 7.56. The number of aromatic hydroxyl groups is 1. The molecule has 0 atom stereocenters. The average Bonchev–Trinajstić information content (AvgIpc) is 2.24. The van der Waals surface area contributed by atoms with Gasteiger partial charge in [0.15, 0.2) is 0 Å². The predicted molar refractivity (Wildman–Crippen MR) is 56.1 cm³/mol. The van der Waals surface area contributed by atoms with Crippen molar-refractivity contribution in [2.24, 2.45) is 0 Å². The summed E-state index contributed by atoms with van der Waals surface area (Å²) < 4.78 is 6.03. The molecule has 0 aliphatic rings. The van der Waals surface area contributed by atoms with Crippen LogP contribution in [-0.4, -0.2) is 27.2 Å². The van der Waals surface area contributed by atoms with E-state index >= 15 is 0 Å². The number of aromatic nitrogens is 2. The van der Waals surface area contributed by atoms with Gasteiger partial charge in [0.1, 0.15) is 0 Å². The minimum Gasteiger partial charge on any atom is -0.489 e. The molecular weight excluding hydrogens is 212 g/mol. The lowest BCUT2D eigenvalue weighted by Gasteiger charge is -2.08. The monoisotopic (exact) mass is 226 g/mol. The van der Waals surface area contributed by atoms with Gasteiger partial charge in [-0.1, -0.05) is 0 Å². The van der Waals surface area contributed by atoms with E-state index in [1.165, 1.54) is 10.8 Å². The number of hydrogen-bond donors (Lipinski definition) is 1. The minimum atomic E-state index is -0.593. The van der Waals surface area contributed by atoms with E-state index in [0.29, 0.717) is 12.3 Å². The van der Waals surface area contributed by atoms with E-state index in [1.807, 2.05) is 0 Å². The van der Waals surface area contributed by atoms with Crippen molar-refractivity contribution >= 4 is 5.97 Å². The molecule has 6 heteroatoms. The SMILES string of the molecule is CCOC(=O)CCn1c(C)cnc(O)c1=O. The fourth-order valence-electron chi connectivity index (χ4n) is 1.27. The highest BCUT2D eigenvalue weighted by atomic mass is 16.5. The average molecular weight is 226 g/mol.